The van der Waals surface area contributed by atoms with E-state index < -0.39 is 33.9 Å². The number of alkyl halides is 3. The molecular weight excluding hydrogens is 479 g/mol. The van der Waals surface area contributed by atoms with Crippen molar-refractivity contribution in [2.45, 2.75) is 64.0 Å². The number of aromatic nitrogens is 2. The number of rotatable bonds is 9. The summed E-state index contributed by atoms with van der Waals surface area (Å²) in [5.74, 6) is 0.556. The SMILES string of the molecule is CC=C(C=CCC(F)(F)F)Oc1cc(-c2cccc(C3(NS(=O)C(C)(C)C)COC3)c2)n(CC)n1. The third-order valence-corrected chi connectivity index (χ3v) is 7.14. The molecule has 1 aliphatic rings. The number of aryl methyl sites for hydroxylation is 1. The third kappa shape index (κ3) is 6.83. The molecule has 0 aliphatic carbocycles. The van der Waals surface area contributed by atoms with E-state index in [0.717, 1.165) is 22.9 Å². The van der Waals surface area contributed by atoms with E-state index in [-0.39, 0.29) is 11.6 Å². The van der Waals surface area contributed by atoms with Crippen molar-refractivity contribution < 1.29 is 26.9 Å². The van der Waals surface area contributed by atoms with Crippen LogP contribution in [0.3, 0.4) is 0 Å². The van der Waals surface area contributed by atoms with E-state index in [2.05, 4.69) is 9.82 Å². The van der Waals surface area contributed by atoms with Crippen molar-refractivity contribution in [3.05, 3.63) is 59.9 Å². The zero-order chi connectivity index (χ0) is 25.9. The normalized spacial score (nSPS) is 17.4. The minimum Gasteiger partial charge on any atom is -0.438 e. The van der Waals surface area contributed by atoms with Gasteiger partial charge < -0.3 is 9.47 Å². The number of nitrogens with zero attached hydrogens (tertiary/aromatic N) is 2. The number of ether oxygens (including phenoxy) is 2. The van der Waals surface area contributed by atoms with Gasteiger partial charge in [-0.05, 0) is 58.4 Å². The molecule has 1 unspecified atom stereocenters. The molecule has 35 heavy (non-hydrogen) atoms. The smallest absolute Gasteiger partial charge is 0.392 e. The summed E-state index contributed by atoms with van der Waals surface area (Å²) >= 11 is 0. The van der Waals surface area contributed by atoms with Crippen molar-refractivity contribution in [3.8, 4) is 17.1 Å². The molecule has 1 aliphatic heterocycles. The van der Waals surface area contributed by atoms with Gasteiger partial charge in [-0.3, -0.25) is 4.68 Å². The molecule has 3 rings (SSSR count). The third-order valence-electron chi connectivity index (χ3n) is 5.45. The summed E-state index contributed by atoms with van der Waals surface area (Å²) in [5, 5.41) is 4.46. The van der Waals surface area contributed by atoms with E-state index in [1.54, 1.807) is 23.7 Å². The fourth-order valence-electron chi connectivity index (χ4n) is 3.43. The minimum absolute atomic E-state index is 0.273. The van der Waals surface area contributed by atoms with Crippen LogP contribution in [0.25, 0.3) is 11.3 Å². The molecular formula is C25H32F3N3O3S. The lowest BCUT2D eigenvalue weighted by molar-refractivity contribution is -0.125. The van der Waals surface area contributed by atoms with Crippen LogP contribution >= 0.6 is 0 Å². The second kappa shape index (κ2) is 10.7. The van der Waals surface area contributed by atoms with Gasteiger partial charge in [0.05, 0.1) is 41.1 Å². The van der Waals surface area contributed by atoms with Gasteiger partial charge in [0.2, 0.25) is 5.88 Å². The Balaban J connectivity index is 1.86. The monoisotopic (exact) mass is 511 g/mol. The van der Waals surface area contributed by atoms with Crippen LogP contribution in [0.2, 0.25) is 0 Å². The lowest BCUT2D eigenvalue weighted by Gasteiger charge is -2.43. The Morgan fingerprint density at radius 3 is 2.54 bits per heavy atom. The number of benzene rings is 1. The summed E-state index contributed by atoms with van der Waals surface area (Å²) in [6.07, 6.45) is -1.41. The summed E-state index contributed by atoms with van der Waals surface area (Å²) < 4.78 is 66.0. The molecule has 10 heteroatoms. The largest absolute Gasteiger partial charge is 0.438 e. The number of halogens is 3. The van der Waals surface area contributed by atoms with Gasteiger partial charge in [0, 0.05) is 18.2 Å². The fourth-order valence-corrected chi connectivity index (χ4v) is 4.33. The Kier molecular flexibility index (Phi) is 8.28. The van der Waals surface area contributed by atoms with E-state index in [1.807, 2.05) is 52.0 Å². The van der Waals surface area contributed by atoms with E-state index in [1.165, 1.54) is 6.08 Å². The van der Waals surface area contributed by atoms with Gasteiger partial charge in [-0.15, -0.1) is 5.10 Å². The molecule has 1 fully saturated rings. The number of allylic oxidation sites excluding steroid dienone is 3. The zero-order valence-corrected chi connectivity index (χ0v) is 21.4. The Morgan fingerprint density at radius 1 is 1.29 bits per heavy atom. The van der Waals surface area contributed by atoms with Gasteiger partial charge in [0.1, 0.15) is 11.3 Å². The quantitative estimate of drug-likeness (QED) is 0.350. The van der Waals surface area contributed by atoms with Crippen molar-refractivity contribution in [2.75, 3.05) is 13.2 Å². The summed E-state index contributed by atoms with van der Waals surface area (Å²) in [6, 6.07) is 9.63. The van der Waals surface area contributed by atoms with Crippen LogP contribution in [0.1, 0.15) is 46.6 Å². The van der Waals surface area contributed by atoms with Crippen molar-refractivity contribution in [2.24, 2.45) is 0 Å². The van der Waals surface area contributed by atoms with Gasteiger partial charge in [-0.1, -0.05) is 24.3 Å². The number of hydrogen-bond acceptors (Lipinski definition) is 4. The van der Waals surface area contributed by atoms with Gasteiger partial charge in [0.15, 0.2) is 0 Å². The molecule has 1 atom stereocenters. The van der Waals surface area contributed by atoms with Crippen LogP contribution in [-0.4, -0.2) is 38.1 Å². The highest BCUT2D eigenvalue weighted by Gasteiger charge is 2.43. The summed E-state index contributed by atoms with van der Waals surface area (Å²) in [7, 11) is -1.28. The van der Waals surface area contributed by atoms with E-state index in [4.69, 9.17) is 9.47 Å². The second-order valence-corrected chi connectivity index (χ2v) is 11.3. The first-order chi connectivity index (χ1) is 16.4. The summed E-state index contributed by atoms with van der Waals surface area (Å²) in [6.45, 7) is 10.8. The maximum absolute atomic E-state index is 12.8. The predicted molar refractivity (Wildman–Crippen MR) is 131 cm³/mol. The maximum atomic E-state index is 12.8. The zero-order valence-electron chi connectivity index (χ0n) is 20.6. The van der Waals surface area contributed by atoms with E-state index in [9.17, 15) is 17.4 Å². The van der Waals surface area contributed by atoms with Gasteiger partial charge in [-0.25, -0.2) is 8.93 Å². The van der Waals surface area contributed by atoms with Crippen molar-refractivity contribution in [1.82, 2.24) is 14.5 Å². The number of hydrogen-bond donors (Lipinski definition) is 1. The molecule has 0 spiro atoms. The van der Waals surface area contributed by atoms with Gasteiger partial charge in [-0.2, -0.15) is 13.2 Å². The van der Waals surface area contributed by atoms with Crippen LogP contribution in [0.5, 0.6) is 5.88 Å². The molecule has 2 aromatic rings. The molecule has 1 saturated heterocycles. The lowest BCUT2D eigenvalue weighted by Crippen LogP contribution is -2.59. The molecule has 192 valence electrons. The highest BCUT2D eigenvalue weighted by molar-refractivity contribution is 7.84. The van der Waals surface area contributed by atoms with Gasteiger partial charge >= 0.3 is 6.18 Å². The Hall–Kier alpha value is -2.43. The molecule has 1 N–H and O–H groups in total. The molecule has 0 bridgehead atoms. The first-order valence-electron chi connectivity index (χ1n) is 11.4. The lowest BCUT2D eigenvalue weighted by atomic mass is 9.88. The van der Waals surface area contributed by atoms with Gasteiger partial charge in [0.25, 0.3) is 0 Å². The Morgan fingerprint density at radius 2 is 2.00 bits per heavy atom. The second-order valence-electron chi connectivity index (χ2n) is 9.34. The standard InChI is InChI=1S/C25H32F3N3O3S/c1-6-20(12-9-13-25(26,27)28)34-22-15-21(31(7-2)29-22)18-10-8-11-19(14-18)24(16-33-17-24)30-35(32)23(3,4)5/h6,8-12,14-15,30H,7,13,16-17H2,1-5H3. The van der Waals surface area contributed by atoms with Crippen LogP contribution in [0.4, 0.5) is 13.2 Å². The summed E-state index contributed by atoms with van der Waals surface area (Å²) in [5.41, 5.74) is 2.09. The van der Waals surface area contributed by atoms with Crippen LogP contribution in [0, 0.1) is 0 Å². The molecule has 0 amide bonds. The average molecular weight is 512 g/mol. The average Bonchev–Trinajstić information content (AvgIpc) is 3.16. The maximum Gasteiger partial charge on any atom is 0.392 e. The van der Waals surface area contributed by atoms with Crippen molar-refractivity contribution >= 4 is 11.0 Å². The highest BCUT2D eigenvalue weighted by atomic mass is 32.2. The molecule has 6 nitrogen and oxygen atoms in total. The van der Waals surface area contributed by atoms with Crippen molar-refractivity contribution in [3.63, 3.8) is 0 Å². The number of nitrogens with one attached hydrogen (secondary N) is 1. The minimum atomic E-state index is -4.27. The Labute approximate surface area is 206 Å². The molecule has 1 aromatic heterocycles. The van der Waals surface area contributed by atoms with Crippen LogP contribution in [-0.2, 0) is 27.8 Å². The molecule has 2 heterocycles. The van der Waals surface area contributed by atoms with Crippen LogP contribution < -0.4 is 9.46 Å². The topological polar surface area (TPSA) is 65.4 Å². The molecule has 0 saturated carbocycles. The van der Waals surface area contributed by atoms with Crippen LogP contribution in [0.15, 0.2) is 54.3 Å². The Bertz CT molecular complexity index is 1110. The summed E-state index contributed by atoms with van der Waals surface area (Å²) in [4.78, 5) is 0. The first-order valence-corrected chi connectivity index (χ1v) is 12.6. The predicted octanol–water partition coefficient (Wildman–Crippen LogP) is 5.64. The fraction of sp³-hybridized carbons (Fsp3) is 0.480. The first kappa shape index (κ1) is 27.2. The van der Waals surface area contributed by atoms with E-state index in [0.29, 0.717) is 19.8 Å². The highest BCUT2D eigenvalue weighted by Crippen LogP contribution is 2.34. The van der Waals surface area contributed by atoms with E-state index >= 15 is 0 Å². The molecule has 1 aromatic carbocycles. The molecule has 0 radical (unpaired) electrons. The van der Waals surface area contributed by atoms with Crippen molar-refractivity contribution in [1.29, 1.82) is 0 Å².